The van der Waals surface area contributed by atoms with Gasteiger partial charge < -0.3 is 10.3 Å². The van der Waals surface area contributed by atoms with Gasteiger partial charge in [-0.2, -0.15) is 0 Å². The Kier molecular flexibility index (Phi) is 3.25. The molecule has 2 heteroatoms. The van der Waals surface area contributed by atoms with Crippen LogP contribution in [0.2, 0.25) is 0 Å². The normalized spacial score (nSPS) is 11.6. The zero-order valence-electron chi connectivity index (χ0n) is 11.4. The zero-order valence-corrected chi connectivity index (χ0v) is 11.4. The number of fused-ring (bicyclic) bond motifs is 1. The van der Waals surface area contributed by atoms with Crippen molar-refractivity contribution in [3.05, 3.63) is 34.5 Å². The van der Waals surface area contributed by atoms with Gasteiger partial charge in [-0.3, -0.25) is 0 Å². The number of aromatic amines is 1. The van der Waals surface area contributed by atoms with E-state index in [1.54, 1.807) is 0 Å². The van der Waals surface area contributed by atoms with Gasteiger partial charge in [-0.25, -0.2) is 0 Å². The second-order valence-electron chi connectivity index (χ2n) is 5.15. The Balaban J connectivity index is 2.79. The van der Waals surface area contributed by atoms with Crippen LogP contribution in [-0.2, 0) is 6.54 Å². The number of aromatic nitrogens is 1. The fraction of sp³-hybridized carbons (Fsp3) is 0.467. The van der Waals surface area contributed by atoms with Crippen LogP contribution in [0.15, 0.2) is 12.1 Å². The molecule has 0 aliphatic carbocycles. The number of rotatable bonds is 3. The molecule has 0 unspecified atom stereocenters. The molecule has 0 radical (unpaired) electrons. The van der Waals surface area contributed by atoms with Crippen LogP contribution in [0, 0.1) is 13.8 Å². The van der Waals surface area contributed by atoms with Crippen molar-refractivity contribution in [3.63, 3.8) is 0 Å². The van der Waals surface area contributed by atoms with Gasteiger partial charge in [0.15, 0.2) is 0 Å². The van der Waals surface area contributed by atoms with Gasteiger partial charge in [-0.1, -0.05) is 26.0 Å². The van der Waals surface area contributed by atoms with E-state index in [-0.39, 0.29) is 0 Å². The average molecular weight is 230 g/mol. The number of hydrogen-bond acceptors (Lipinski definition) is 1. The molecule has 2 aromatic rings. The first-order valence-corrected chi connectivity index (χ1v) is 6.31. The van der Waals surface area contributed by atoms with Gasteiger partial charge in [0.2, 0.25) is 0 Å². The summed E-state index contributed by atoms with van der Waals surface area (Å²) in [4.78, 5) is 3.62. The summed E-state index contributed by atoms with van der Waals surface area (Å²) >= 11 is 0. The van der Waals surface area contributed by atoms with Crippen LogP contribution < -0.4 is 5.32 Å². The largest absolute Gasteiger partial charge is 0.358 e. The van der Waals surface area contributed by atoms with Crippen molar-refractivity contribution in [1.82, 2.24) is 10.3 Å². The highest BCUT2D eigenvalue weighted by Crippen LogP contribution is 2.31. The van der Waals surface area contributed by atoms with E-state index in [0.717, 1.165) is 6.54 Å². The first kappa shape index (κ1) is 12.2. The number of hydrogen-bond donors (Lipinski definition) is 2. The zero-order chi connectivity index (χ0) is 12.6. The van der Waals surface area contributed by atoms with E-state index in [0.29, 0.717) is 5.92 Å². The van der Waals surface area contributed by atoms with Gasteiger partial charge >= 0.3 is 0 Å². The highest BCUT2D eigenvalue weighted by molar-refractivity contribution is 5.90. The van der Waals surface area contributed by atoms with Gasteiger partial charge in [0, 0.05) is 23.1 Å². The van der Waals surface area contributed by atoms with E-state index in [1.165, 1.54) is 33.3 Å². The predicted molar refractivity (Wildman–Crippen MR) is 74.6 cm³/mol. The maximum Gasteiger partial charge on any atom is 0.0491 e. The van der Waals surface area contributed by atoms with E-state index in [2.05, 4.69) is 50.1 Å². The molecular formula is C15H22N2. The Bertz CT molecular complexity index is 535. The van der Waals surface area contributed by atoms with Crippen LogP contribution in [0.5, 0.6) is 0 Å². The molecule has 0 spiro atoms. The number of nitrogens with one attached hydrogen (secondary N) is 2. The lowest BCUT2D eigenvalue weighted by Gasteiger charge is -2.08. The summed E-state index contributed by atoms with van der Waals surface area (Å²) in [6, 6.07) is 4.41. The predicted octanol–water partition coefficient (Wildman–Crippen LogP) is 3.63. The molecule has 0 aliphatic rings. The van der Waals surface area contributed by atoms with E-state index in [9.17, 15) is 0 Å². The van der Waals surface area contributed by atoms with E-state index < -0.39 is 0 Å². The average Bonchev–Trinajstić information content (AvgIpc) is 2.65. The summed E-state index contributed by atoms with van der Waals surface area (Å²) < 4.78 is 0. The molecular weight excluding hydrogens is 208 g/mol. The van der Waals surface area contributed by atoms with E-state index >= 15 is 0 Å². The number of aryl methyl sites for hydroxylation is 2. The molecule has 1 aromatic carbocycles. The lowest BCUT2D eigenvalue weighted by Crippen LogP contribution is -2.07. The maximum absolute atomic E-state index is 3.62. The molecule has 1 aromatic heterocycles. The topological polar surface area (TPSA) is 27.8 Å². The van der Waals surface area contributed by atoms with Crippen LogP contribution in [0.1, 0.15) is 42.1 Å². The standard InChI is InChI=1S/C15H22N2/c1-9(2)14-12(8-16-5)13-10(3)6-7-11(4)15(13)17-14/h6-7,9,16-17H,8H2,1-5H3. The van der Waals surface area contributed by atoms with Crippen molar-refractivity contribution >= 4 is 10.9 Å². The molecule has 0 atom stereocenters. The molecule has 0 fully saturated rings. The van der Waals surface area contributed by atoms with Gasteiger partial charge in [-0.15, -0.1) is 0 Å². The molecule has 2 nitrogen and oxygen atoms in total. The second kappa shape index (κ2) is 4.53. The lowest BCUT2D eigenvalue weighted by molar-refractivity contribution is 0.768. The lowest BCUT2D eigenvalue weighted by atomic mass is 9.99. The Morgan fingerprint density at radius 1 is 1.18 bits per heavy atom. The molecule has 17 heavy (non-hydrogen) atoms. The third-order valence-corrected chi connectivity index (χ3v) is 3.44. The van der Waals surface area contributed by atoms with Gasteiger partial charge in [0.05, 0.1) is 0 Å². The Hall–Kier alpha value is -1.28. The number of benzene rings is 1. The van der Waals surface area contributed by atoms with Crippen molar-refractivity contribution in [3.8, 4) is 0 Å². The van der Waals surface area contributed by atoms with Crippen molar-refractivity contribution < 1.29 is 0 Å². The molecule has 92 valence electrons. The van der Waals surface area contributed by atoms with Crippen LogP contribution in [-0.4, -0.2) is 12.0 Å². The molecule has 0 bridgehead atoms. The third kappa shape index (κ3) is 1.98. The molecule has 0 saturated carbocycles. The first-order chi connectivity index (χ1) is 8.06. The maximum atomic E-state index is 3.62. The van der Waals surface area contributed by atoms with E-state index in [4.69, 9.17) is 0 Å². The summed E-state index contributed by atoms with van der Waals surface area (Å²) in [5.74, 6) is 0.532. The number of H-pyrrole nitrogens is 1. The summed E-state index contributed by atoms with van der Waals surface area (Å²) in [6.45, 7) is 9.78. The molecule has 0 amide bonds. The molecule has 1 heterocycles. The molecule has 2 rings (SSSR count). The fourth-order valence-electron chi connectivity index (χ4n) is 2.56. The quantitative estimate of drug-likeness (QED) is 0.828. The van der Waals surface area contributed by atoms with Crippen LogP contribution in [0.4, 0.5) is 0 Å². The van der Waals surface area contributed by atoms with Crippen LogP contribution in [0.25, 0.3) is 10.9 Å². The fourth-order valence-corrected chi connectivity index (χ4v) is 2.56. The van der Waals surface area contributed by atoms with Crippen molar-refractivity contribution in [1.29, 1.82) is 0 Å². The highest BCUT2D eigenvalue weighted by Gasteiger charge is 2.15. The molecule has 2 N–H and O–H groups in total. The summed E-state index contributed by atoms with van der Waals surface area (Å²) in [7, 11) is 2.01. The van der Waals surface area contributed by atoms with Crippen molar-refractivity contribution in [2.75, 3.05) is 7.05 Å². The summed E-state index contributed by atoms with van der Waals surface area (Å²) in [6.07, 6.45) is 0. The molecule has 0 aliphatic heterocycles. The second-order valence-corrected chi connectivity index (χ2v) is 5.15. The minimum Gasteiger partial charge on any atom is -0.358 e. The Labute approximate surface area is 103 Å². The van der Waals surface area contributed by atoms with Crippen molar-refractivity contribution in [2.24, 2.45) is 0 Å². The monoisotopic (exact) mass is 230 g/mol. The van der Waals surface area contributed by atoms with Gasteiger partial charge in [0.1, 0.15) is 0 Å². The highest BCUT2D eigenvalue weighted by atomic mass is 14.8. The van der Waals surface area contributed by atoms with Crippen LogP contribution in [0.3, 0.4) is 0 Å². The van der Waals surface area contributed by atoms with Crippen molar-refractivity contribution in [2.45, 2.75) is 40.2 Å². The van der Waals surface area contributed by atoms with Gasteiger partial charge in [0.25, 0.3) is 0 Å². The Morgan fingerprint density at radius 2 is 1.82 bits per heavy atom. The van der Waals surface area contributed by atoms with E-state index in [1.807, 2.05) is 7.05 Å². The minimum absolute atomic E-state index is 0.532. The van der Waals surface area contributed by atoms with Crippen LogP contribution >= 0.6 is 0 Å². The minimum atomic E-state index is 0.532. The van der Waals surface area contributed by atoms with Gasteiger partial charge in [-0.05, 0) is 43.5 Å². The smallest absolute Gasteiger partial charge is 0.0491 e. The SMILES string of the molecule is CNCc1c(C(C)C)[nH]c2c(C)ccc(C)c12. The summed E-state index contributed by atoms with van der Waals surface area (Å²) in [5, 5.41) is 4.69. The third-order valence-electron chi connectivity index (χ3n) is 3.44. The summed E-state index contributed by atoms with van der Waals surface area (Å²) in [5.41, 5.74) is 6.79. The first-order valence-electron chi connectivity index (χ1n) is 6.31. The Morgan fingerprint density at radius 3 is 2.41 bits per heavy atom. The molecule has 0 saturated heterocycles.